The van der Waals surface area contributed by atoms with Gasteiger partial charge in [0.25, 0.3) is 0 Å². The minimum absolute atomic E-state index is 0.0123. The lowest BCUT2D eigenvalue weighted by Crippen LogP contribution is -2.23. The summed E-state index contributed by atoms with van der Waals surface area (Å²) in [5, 5.41) is 18.6. The lowest BCUT2D eigenvalue weighted by Gasteiger charge is -2.18. The number of halogens is 3. The Balaban J connectivity index is 3.02. The molecule has 4 nitrogen and oxygen atoms in total. The highest BCUT2D eigenvalue weighted by Crippen LogP contribution is 2.31. The number of aromatic hydroxyl groups is 1. The van der Waals surface area contributed by atoms with Gasteiger partial charge in [-0.05, 0) is 25.1 Å². The molecule has 0 bridgehead atoms. The molecular weight excluding hydrogens is 239 g/mol. The lowest BCUT2D eigenvalue weighted by atomic mass is 10.0. The maximum atomic E-state index is 12.0. The first-order valence-electron chi connectivity index (χ1n) is 4.73. The summed E-state index contributed by atoms with van der Waals surface area (Å²) in [6.45, 7) is 1.36. The third-order valence-corrected chi connectivity index (χ3v) is 2.11. The number of hydrogen-bond acceptors (Lipinski definition) is 4. The molecule has 7 heteroatoms. The normalized spacial score (nSPS) is 15.4. The van der Waals surface area contributed by atoms with E-state index in [4.69, 9.17) is 5.73 Å². The van der Waals surface area contributed by atoms with Crippen LogP contribution in [0.15, 0.2) is 18.2 Å². The summed E-state index contributed by atoms with van der Waals surface area (Å²) < 4.78 is 39.6. The summed E-state index contributed by atoms with van der Waals surface area (Å²) >= 11 is 0. The second-order valence-electron chi connectivity index (χ2n) is 3.53. The van der Waals surface area contributed by atoms with Gasteiger partial charge in [-0.2, -0.15) is 0 Å². The zero-order chi connectivity index (χ0) is 13.2. The third-order valence-electron chi connectivity index (χ3n) is 2.11. The fourth-order valence-electron chi connectivity index (χ4n) is 1.26. The fourth-order valence-corrected chi connectivity index (χ4v) is 1.26. The van der Waals surface area contributed by atoms with Gasteiger partial charge in [-0.1, -0.05) is 0 Å². The van der Waals surface area contributed by atoms with Crippen molar-refractivity contribution in [2.24, 2.45) is 5.73 Å². The van der Waals surface area contributed by atoms with Gasteiger partial charge in [-0.15, -0.1) is 13.2 Å². The molecule has 0 heterocycles. The van der Waals surface area contributed by atoms with Crippen LogP contribution < -0.4 is 10.5 Å². The SMILES string of the molecule is C[C@@H](O)[C@@H](N)c1cc(OC(F)(F)F)ccc1O. The van der Waals surface area contributed by atoms with Gasteiger partial charge in [0.05, 0.1) is 12.1 Å². The van der Waals surface area contributed by atoms with Crippen LogP contribution in [0.2, 0.25) is 0 Å². The minimum Gasteiger partial charge on any atom is -0.508 e. The molecule has 4 N–H and O–H groups in total. The zero-order valence-corrected chi connectivity index (χ0v) is 8.90. The van der Waals surface area contributed by atoms with Crippen LogP contribution in [-0.2, 0) is 0 Å². The highest BCUT2D eigenvalue weighted by atomic mass is 19.4. The Morgan fingerprint density at radius 1 is 1.35 bits per heavy atom. The van der Waals surface area contributed by atoms with Gasteiger partial charge >= 0.3 is 6.36 Å². The standard InChI is InChI=1S/C10H12F3NO3/c1-5(15)9(14)7-4-6(2-3-8(7)16)17-10(11,12)13/h2-5,9,15-16H,14H2,1H3/t5-,9-/m1/s1. The number of benzene rings is 1. The number of aliphatic hydroxyl groups is 1. The Morgan fingerprint density at radius 3 is 2.41 bits per heavy atom. The predicted octanol–water partition coefficient (Wildman–Crippen LogP) is 1.67. The number of ether oxygens (including phenoxy) is 1. The second kappa shape index (κ2) is 4.80. The number of hydrogen-bond donors (Lipinski definition) is 3. The summed E-state index contributed by atoms with van der Waals surface area (Å²) in [7, 11) is 0. The van der Waals surface area contributed by atoms with E-state index in [1.807, 2.05) is 0 Å². The molecule has 1 aromatic rings. The van der Waals surface area contributed by atoms with Crippen molar-refractivity contribution in [1.29, 1.82) is 0 Å². The van der Waals surface area contributed by atoms with Crippen LogP contribution in [0.3, 0.4) is 0 Å². The summed E-state index contributed by atoms with van der Waals surface area (Å²) in [4.78, 5) is 0. The van der Waals surface area contributed by atoms with E-state index in [-0.39, 0.29) is 11.3 Å². The molecule has 0 radical (unpaired) electrons. The molecular formula is C10H12F3NO3. The van der Waals surface area contributed by atoms with Gasteiger partial charge in [0, 0.05) is 5.56 Å². The van der Waals surface area contributed by atoms with Crippen LogP contribution in [0.4, 0.5) is 13.2 Å². The molecule has 1 aromatic carbocycles. The minimum atomic E-state index is -4.82. The van der Waals surface area contributed by atoms with Crippen molar-refractivity contribution >= 4 is 0 Å². The largest absolute Gasteiger partial charge is 0.573 e. The van der Waals surface area contributed by atoms with E-state index in [9.17, 15) is 23.4 Å². The van der Waals surface area contributed by atoms with E-state index in [1.165, 1.54) is 6.92 Å². The average Bonchev–Trinajstić information content (AvgIpc) is 2.17. The molecule has 0 spiro atoms. The Morgan fingerprint density at radius 2 is 1.94 bits per heavy atom. The predicted molar refractivity (Wildman–Crippen MR) is 53.4 cm³/mol. The van der Waals surface area contributed by atoms with Crippen molar-refractivity contribution in [2.45, 2.75) is 25.4 Å². The first kappa shape index (κ1) is 13.6. The summed E-state index contributed by atoms with van der Waals surface area (Å²) in [6, 6.07) is 1.94. The van der Waals surface area contributed by atoms with E-state index < -0.39 is 24.3 Å². The van der Waals surface area contributed by atoms with Crippen LogP contribution in [0.25, 0.3) is 0 Å². The molecule has 0 aliphatic rings. The number of nitrogens with two attached hydrogens (primary N) is 1. The van der Waals surface area contributed by atoms with Gasteiger partial charge in [-0.3, -0.25) is 0 Å². The fraction of sp³-hybridized carbons (Fsp3) is 0.400. The topological polar surface area (TPSA) is 75.7 Å². The molecule has 2 atom stereocenters. The molecule has 0 saturated carbocycles. The van der Waals surface area contributed by atoms with Crippen molar-refractivity contribution in [3.8, 4) is 11.5 Å². The quantitative estimate of drug-likeness (QED) is 0.763. The van der Waals surface area contributed by atoms with Crippen molar-refractivity contribution in [2.75, 3.05) is 0 Å². The van der Waals surface area contributed by atoms with E-state index in [2.05, 4.69) is 4.74 Å². The molecule has 0 saturated heterocycles. The number of alkyl halides is 3. The molecule has 0 unspecified atom stereocenters. The smallest absolute Gasteiger partial charge is 0.508 e. The van der Waals surface area contributed by atoms with E-state index in [1.54, 1.807) is 0 Å². The summed E-state index contributed by atoms with van der Waals surface area (Å²) in [5.74, 6) is -0.797. The van der Waals surface area contributed by atoms with Crippen molar-refractivity contribution in [1.82, 2.24) is 0 Å². The molecule has 0 aromatic heterocycles. The van der Waals surface area contributed by atoms with Crippen LogP contribution in [0.1, 0.15) is 18.5 Å². The summed E-state index contributed by atoms with van der Waals surface area (Å²) in [6.07, 6.45) is -5.83. The van der Waals surface area contributed by atoms with E-state index >= 15 is 0 Å². The van der Waals surface area contributed by atoms with E-state index in [0.29, 0.717) is 0 Å². The zero-order valence-electron chi connectivity index (χ0n) is 8.90. The third kappa shape index (κ3) is 3.79. The van der Waals surface area contributed by atoms with Gasteiger partial charge in [-0.25, -0.2) is 0 Å². The molecule has 1 rings (SSSR count). The summed E-state index contributed by atoms with van der Waals surface area (Å²) in [5.41, 5.74) is 5.51. The van der Waals surface area contributed by atoms with Gasteiger partial charge in [0.2, 0.25) is 0 Å². The highest BCUT2D eigenvalue weighted by molar-refractivity contribution is 5.41. The number of rotatable bonds is 3. The van der Waals surface area contributed by atoms with Crippen LogP contribution in [0, 0.1) is 0 Å². The molecule has 0 aliphatic heterocycles. The first-order valence-corrected chi connectivity index (χ1v) is 4.73. The molecule has 17 heavy (non-hydrogen) atoms. The maximum Gasteiger partial charge on any atom is 0.573 e. The van der Waals surface area contributed by atoms with Crippen molar-refractivity contribution in [3.63, 3.8) is 0 Å². The second-order valence-corrected chi connectivity index (χ2v) is 3.53. The first-order chi connectivity index (χ1) is 7.70. The van der Waals surface area contributed by atoms with Crippen LogP contribution >= 0.6 is 0 Å². The Kier molecular flexibility index (Phi) is 3.84. The Bertz CT molecular complexity index is 393. The lowest BCUT2D eigenvalue weighted by molar-refractivity contribution is -0.274. The van der Waals surface area contributed by atoms with Crippen molar-refractivity contribution < 1.29 is 28.1 Å². The number of phenolic OH excluding ortho intramolecular Hbond substituents is 1. The maximum absolute atomic E-state index is 12.0. The van der Waals surface area contributed by atoms with Gasteiger partial charge in [0.1, 0.15) is 11.5 Å². The average molecular weight is 251 g/mol. The molecule has 96 valence electrons. The monoisotopic (exact) mass is 251 g/mol. The van der Waals surface area contributed by atoms with Gasteiger partial charge < -0.3 is 20.7 Å². The number of phenols is 1. The van der Waals surface area contributed by atoms with Gasteiger partial charge in [0.15, 0.2) is 0 Å². The van der Waals surface area contributed by atoms with Crippen LogP contribution in [-0.4, -0.2) is 22.7 Å². The molecule has 0 fully saturated rings. The number of aliphatic hydroxyl groups excluding tert-OH is 1. The van der Waals surface area contributed by atoms with Crippen molar-refractivity contribution in [3.05, 3.63) is 23.8 Å². The Labute approximate surface area is 95.4 Å². The molecule has 0 amide bonds. The Hall–Kier alpha value is -1.47. The highest BCUT2D eigenvalue weighted by Gasteiger charge is 2.31. The molecule has 0 aliphatic carbocycles. The van der Waals surface area contributed by atoms with Crippen LogP contribution in [0.5, 0.6) is 11.5 Å². The van der Waals surface area contributed by atoms with E-state index in [0.717, 1.165) is 18.2 Å².